The van der Waals surface area contributed by atoms with E-state index in [9.17, 15) is 19.6 Å². The van der Waals surface area contributed by atoms with E-state index in [-0.39, 0.29) is 67.1 Å². The molecule has 3 rings (SSSR count). The first-order valence-corrected chi connectivity index (χ1v) is 13.4. The molecule has 2 aromatic heterocycles. The van der Waals surface area contributed by atoms with Crippen LogP contribution < -0.4 is 21.4 Å². The number of aromatic nitrogens is 4. The topological polar surface area (TPSA) is 208 Å². The molecule has 0 saturated carbocycles. The zero-order chi connectivity index (χ0) is 30.2. The van der Waals surface area contributed by atoms with Crippen LogP contribution in [0.3, 0.4) is 0 Å². The van der Waals surface area contributed by atoms with Crippen molar-refractivity contribution in [2.45, 2.75) is 59.0 Å². The van der Waals surface area contributed by atoms with Crippen LogP contribution in [0.1, 0.15) is 61.6 Å². The van der Waals surface area contributed by atoms with Crippen LogP contribution in [0.25, 0.3) is 11.2 Å². The van der Waals surface area contributed by atoms with Crippen LogP contribution in [0.15, 0.2) is 24.4 Å². The zero-order valence-corrected chi connectivity index (χ0v) is 23.7. The van der Waals surface area contributed by atoms with Gasteiger partial charge in [0.15, 0.2) is 17.0 Å². The number of nitrogens with one attached hydrogen (secondary N) is 1. The number of amides is 1. The number of aryl methyl sites for hydroxylation is 1. The van der Waals surface area contributed by atoms with Gasteiger partial charge in [0.05, 0.1) is 26.5 Å². The van der Waals surface area contributed by atoms with Crippen molar-refractivity contribution in [1.29, 1.82) is 0 Å². The average Bonchev–Trinajstić information content (AvgIpc) is 2.92. The summed E-state index contributed by atoms with van der Waals surface area (Å²) in [6, 6.07) is 3.80. The number of fused-ring (bicyclic) bond motifs is 1. The number of anilines is 2. The lowest BCUT2D eigenvalue weighted by atomic mass is 10.0. The number of quaternary nitrogens is 1. The van der Waals surface area contributed by atoms with Gasteiger partial charge in [-0.05, 0) is 45.2 Å². The Bertz CT molecular complexity index is 1410. The molecule has 2 heterocycles. The predicted molar refractivity (Wildman–Crippen MR) is 153 cm³/mol. The van der Waals surface area contributed by atoms with Gasteiger partial charge in [0.1, 0.15) is 24.0 Å². The van der Waals surface area contributed by atoms with Gasteiger partial charge < -0.3 is 36.1 Å². The second-order valence-electron chi connectivity index (χ2n) is 9.43. The Morgan fingerprint density at radius 3 is 2.49 bits per heavy atom. The van der Waals surface area contributed by atoms with E-state index in [1.165, 1.54) is 19.3 Å². The third kappa shape index (κ3) is 8.05. The third-order valence-corrected chi connectivity index (χ3v) is 6.25. The number of rotatable bonds is 13. The van der Waals surface area contributed by atoms with Crippen molar-refractivity contribution in [3.63, 3.8) is 0 Å². The highest BCUT2D eigenvalue weighted by molar-refractivity contribution is 5.97. The Balaban J connectivity index is 1.78. The maximum atomic E-state index is 13.8. The summed E-state index contributed by atoms with van der Waals surface area (Å²) in [7, 11) is 1.48. The Morgan fingerprint density at radius 2 is 1.80 bits per heavy atom. The van der Waals surface area contributed by atoms with Crippen LogP contribution in [-0.2, 0) is 32.0 Å². The molecule has 0 aliphatic rings. The molecule has 0 fully saturated rings. The van der Waals surface area contributed by atoms with Gasteiger partial charge in [-0.1, -0.05) is 6.92 Å². The molecule has 1 aromatic carbocycles. The van der Waals surface area contributed by atoms with Crippen molar-refractivity contribution >= 4 is 46.5 Å². The number of carbonyl (C=O) groups excluding carboxylic acids is 3. The molecular formula is C27H36N8O6. The summed E-state index contributed by atoms with van der Waals surface area (Å²) in [6.45, 7) is 5.59. The number of hydrogen-bond donors (Lipinski definition) is 3. The van der Waals surface area contributed by atoms with E-state index in [1.54, 1.807) is 26.0 Å². The summed E-state index contributed by atoms with van der Waals surface area (Å²) in [5, 5.41) is 16.5. The number of esters is 2. The van der Waals surface area contributed by atoms with E-state index in [0.717, 1.165) is 0 Å². The minimum Gasteiger partial charge on any atom is -0.627 e. The second kappa shape index (κ2) is 13.8. The van der Waals surface area contributed by atoms with Crippen LogP contribution >= 0.6 is 0 Å². The number of nitrogen functional groups attached to an aromatic ring is 2. The molecule has 1 amide bonds. The smallest absolute Gasteiger partial charge is 0.328 e. The fourth-order valence-corrected chi connectivity index (χ4v) is 4.34. The second-order valence-corrected chi connectivity index (χ2v) is 9.43. The Hall–Kier alpha value is -4.43. The average molecular weight is 569 g/mol. The highest BCUT2D eigenvalue weighted by Gasteiger charge is 2.25. The van der Waals surface area contributed by atoms with Crippen molar-refractivity contribution in [1.82, 2.24) is 29.9 Å². The van der Waals surface area contributed by atoms with Crippen LogP contribution in [0.2, 0.25) is 0 Å². The summed E-state index contributed by atoms with van der Waals surface area (Å²) in [6.07, 6.45) is 2.55. The van der Waals surface area contributed by atoms with Crippen molar-refractivity contribution in [2.75, 3.05) is 31.7 Å². The molecule has 14 nitrogen and oxygen atoms in total. The number of nitrogens with zero attached hydrogens (tertiary/aromatic N) is 5. The quantitative estimate of drug-likeness (QED) is 0.154. The number of nitrogens with two attached hydrogens (primary N) is 2. The first kappa shape index (κ1) is 31.1. The van der Waals surface area contributed by atoms with Gasteiger partial charge in [0.2, 0.25) is 5.95 Å². The molecule has 220 valence electrons. The minimum atomic E-state index is -0.944. The monoisotopic (exact) mass is 568 g/mol. The van der Waals surface area contributed by atoms with E-state index in [4.69, 9.17) is 20.9 Å². The fourth-order valence-electron chi connectivity index (χ4n) is 4.34. The summed E-state index contributed by atoms with van der Waals surface area (Å²) in [4.78, 5) is 53.8. The molecule has 0 aliphatic heterocycles. The maximum absolute atomic E-state index is 13.8. The molecule has 0 spiro atoms. The third-order valence-electron chi connectivity index (χ3n) is 6.25. The molecule has 41 heavy (non-hydrogen) atoms. The van der Waals surface area contributed by atoms with E-state index < -0.39 is 22.6 Å². The minimum absolute atomic E-state index is 0.0246. The zero-order valence-electron chi connectivity index (χ0n) is 23.7. The maximum Gasteiger partial charge on any atom is 0.328 e. The molecule has 0 radical (unpaired) electrons. The van der Waals surface area contributed by atoms with E-state index >= 15 is 0 Å². The molecule has 1 unspecified atom stereocenters. The predicted octanol–water partition coefficient (Wildman–Crippen LogP) is 2.18. The molecule has 0 aliphatic carbocycles. The molecule has 3 aromatic rings. The van der Waals surface area contributed by atoms with Crippen molar-refractivity contribution in [3.05, 3.63) is 46.4 Å². The summed E-state index contributed by atoms with van der Waals surface area (Å²) in [5.41, 5.74) is 13.7. The lowest BCUT2D eigenvalue weighted by Gasteiger charge is -2.39. The number of benzene rings is 1. The number of carbonyl (C=O) groups is 3. The van der Waals surface area contributed by atoms with Gasteiger partial charge in [-0.15, -0.1) is 0 Å². The van der Waals surface area contributed by atoms with E-state index in [2.05, 4.69) is 25.3 Å². The van der Waals surface area contributed by atoms with Gasteiger partial charge in [-0.3, -0.25) is 9.59 Å². The standard InChI is InChI=1S/C27H36N8O6/c1-5-16-13-17(25(37)32-19(26(38)41-7-3)9-8-10-21(36)40-6-2)11-12-20(16)35(4,39)15-18-14-30-24-22(31-18)23(28)33-27(29)34-24/h11-14,19H,5-10,15H2,1-4H3,(H,32,37)(H4,28,29,30,33,34)/t19-,35?/m0/s1. The fraction of sp³-hybridized carbons (Fsp3) is 0.444. The SMILES string of the molecule is CCOC(=O)CCC[C@H](NC(=O)c1ccc([N+](C)([O-])Cc2cnc3nc(N)nc(N)c3n2)c(CC)c1)C(=O)OCC. The van der Waals surface area contributed by atoms with Crippen molar-refractivity contribution in [3.8, 4) is 0 Å². The lowest BCUT2D eigenvalue weighted by Crippen LogP contribution is -2.42. The first-order chi connectivity index (χ1) is 19.5. The van der Waals surface area contributed by atoms with Gasteiger partial charge >= 0.3 is 11.9 Å². The van der Waals surface area contributed by atoms with Gasteiger partial charge in [-0.2, -0.15) is 9.97 Å². The van der Waals surface area contributed by atoms with E-state index in [1.807, 2.05) is 6.92 Å². The Morgan fingerprint density at radius 1 is 1.07 bits per heavy atom. The van der Waals surface area contributed by atoms with Crippen molar-refractivity contribution in [2.24, 2.45) is 0 Å². The largest absolute Gasteiger partial charge is 0.627 e. The molecule has 2 atom stereocenters. The first-order valence-electron chi connectivity index (χ1n) is 13.4. The van der Waals surface area contributed by atoms with Crippen LogP contribution in [0.4, 0.5) is 17.5 Å². The number of hydroxylamine groups is 2. The van der Waals surface area contributed by atoms with Crippen molar-refractivity contribution < 1.29 is 23.9 Å². The summed E-state index contributed by atoms with van der Waals surface area (Å²) >= 11 is 0. The van der Waals surface area contributed by atoms with Gasteiger partial charge in [-0.25, -0.2) is 14.8 Å². The number of hydrogen-bond acceptors (Lipinski definition) is 12. The Labute approximate surface area is 237 Å². The number of ether oxygens (including phenoxy) is 2. The highest BCUT2D eigenvalue weighted by Crippen LogP contribution is 2.29. The van der Waals surface area contributed by atoms with Gasteiger partial charge in [0, 0.05) is 23.6 Å². The summed E-state index contributed by atoms with van der Waals surface area (Å²) < 4.78 is 9.19. The van der Waals surface area contributed by atoms with Crippen LogP contribution in [0, 0.1) is 5.21 Å². The molecule has 0 bridgehead atoms. The highest BCUT2D eigenvalue weighted by atomic mass is 16.5. The Kier molecular flexibility index (Phi) is 10.4. The lowest BCUT2D eigenvalue weighted by molar-refractivity contribution is -0.147. The molecule has 5 N–H and O–H groups in total. The van der Waals surface area contributed by atoms with Crippen LogP contribution in [-0.4, -0.2) is 64.1 Å². The molecule has 0 saturated heterocycles. The molecule has 14 heteroatoms. The van der Waals surface area contributed by atoms with Gasteiger partial charge in [0.25, 0.3) is 5.91 Å². The molecular weight excluding hydrogens is 532 g/mol. The van der Waals surface area contributed by atoms with E-state index in [0.29, 0.717) is 29.8 Å². The van der Waals surface area contributed by atoms with Crippen LogP contribution in [0.5, 0.6) is 0 Å². The summed E-state index contributed by atoms with van der Waals surface area (Å²) in [5.74, 6) is -1.43. The normalized spacial score (nSPS) is 13.3.